The number of hydrogen-bond acceptors (Lipinski definition) is 2. The monoisotopic (exact) mass is 317 g/mol. The summed E-state index contributed by atoms with van der Waals surface area (Å²) in [5.41, 5.74) is -0.985. The van der Waals surface area contributed by atoms with Crippen molar-refractivity contribution in [1.29, 1.82) is 0 Å². The minimum atomic E-state index is -4.55. The van der Waals surface area contributed by atoms with Crippen LogP contribution in [-0.2, 0) is 15.8 Å². The Labute approximate surface area is 126 Å². The first-order valence-electron chi connectivity index (χ1n) is 6.88. The standard InChI is InChI=1S/C15H18F3NO3/c1-3-4-8-13(14(21)22)19(10(2)20)12-7-5-6-11(9-12)15(16,17)18/h5-7,9,13H,3-4,8H2,1-2H3,(H,21,22)/t13-/m0/s1. The Morgan fingerprint density at radius 3 is 2.41 bits per heavy atom. The number of anilines is 1. The molecule has 0 aliphatic heterocycles. The number of amides is 1. The Morgan fingerprint density at radius 1 is 1.32 bits per heavy atom. The Hall–Kier alpha value is -2.05. The second-order valence-corrected chi connectivity index (χ2v) is 4.93. The Bertz CT molecular complexity index is 543. The molecule has 1 atom stereocenters. The van der Waals surface area contributed by atoms with Gasteiger partial charge in [0, 0.05) is 12.6 Å². The van der Waals surface area contributed by atoms with Gasteiger partial charge in [-0.05, 0) is 24.6 Å². The molecule has 0 aromatic heterocycles. The fourth-order valence-corrected chi connectivity index (χ4v) is 2.17. The number of hydrogen-bond donors (Lipinski definition) is 1. The van der Waals surface area contributed by atoms with E-state index in [1.54, 1.807) is 0 Å². The van der Waals surface area contributed by atoms with E-state index in [0.717, 1.165) is 36.4 Å². The fourth-order valence-electron chi connectivity index (χ4n) is 2.17. The van der Waals surface area contributed by atoms with E-state index >= 15 is 0 Å². The summed E-state index contributed by atoms with van der Waals surface area (Å²) >= 11 is 0. The van der Waals surface area contributed by atoms with Gasteiger partial charge in [0.15, 0.2) is 0 Å². The first-order valence-corrected chi connectivity index (χ1v) is 6.88. The van der Waals surface area contributed by atoms with Gasteiger partial charge in [0.05, 0.1) is 5.56 Å². The number of benzene rings is 1. The topological polar surface area (TPSA) is 57.6 Å². The minimum absolute atomic E-state index is 0.0640. The average Bonchev–Trinajstić information content (AvgIpc) is 2.41. The molecule has 22 heavy (non-hydrogen) atoms. The number of carboxylic acid groups (broad SMARTS) is 1. The maximum atomic E-state index is 12.8. The van der Waals surface area contributed by atoms with Gasteiger partial charge in [-0.25, -0.2) is 4.79 Å². The molecule has 1 aromatic carbocycles. The summed E-state index contributed by atoms with van der Waals surface area (Å²) in [6, 6.07) is 2.96. The van der Waals surface area contributed by atoms with E-state index in [0.29, 0.717) is 6.42 Å². The lowest BCUT2D eigenvalue weighted by molar-refractivity contribution is -0.140. The van der Waals surface area contributed by atoms with E-state index in [1.807, 2.05) is 6.92 Å². The molecule has 1 amide bonds. The van der Waals surface area contributed by atoms with Gasteiger partial charge in [0.25, 0.3) is 0 Å². The molecule has 0 aliphatic carbocycles. The molecule has 0 heterocycles. The molecule has 0 spiro atoms. The van der Waals surface area contributed by atoms with Crippen LogP contribution < -0.4 is 4.90 Å². The van der Waals surface area contributed by atoms with Crippen molar-refractivity contribution in [3.63, 3.8) is 0 Å². The molecule has 0 saturated carbocycles. The van der Waals surface area contributed by atoms with Crippen LogP contribution in [0.2, 0.25) is 0 Å². The van der Waals surface area contributed by atoms with Crippen LogP contribution in [0.5, 0.6) is 0 Å². The molecule has 4 nitrogen and oxygen atoms in total. The van der Waals surface area contributed by atoms with Crippen molar-refractivity contribution in [2.24, 2.45) is 0 Å². The molecule has 1 aromatic rings. The van der Waals surface area contributed by atoms with Crippen molar-refractivity contribution < 1.29 is 27.9 Å². The quantitative estimate of drug-likeness (QED) is 0.870. The lowest BCUT2D eigenvalue weighted by Crippen LogP contribution is -2.44. The zero-order valence-electron chi connectivity index (χ0n) is 12.4. The number of carboxylic acids is 1. The summed E-state index contributed by atoms with van der Waals surface area (Å²) < 4.78 is 38.3. The Balaban J connectivity index is 3.24. The highest BCUT2D eigenvalue weighted by Crippen LogP contribution is 2.32. The zero-order valence-corrected chi connectivity index (χ0v) is 12.4. The van der Waals surface area contributed by atoms with Gasteiger partial charge in [-0.2, -0.15) is 13.2 Å². The highest BCUT2D eigenvalue weighted by Gasteiger charge is 2.33. The lowest BCUT2D eigenvalue weighted by Gasteiger charge is -2.28. The van der Waals surface area contributed by atoms with Gasteiger partial charge in [-0.15, -0.1) is 0 Å². The second-order valence-electron chi connectivity index (χ2n) is 4.93. The number of nitrogens with zero attached hydrogens (tertiary/aromatic N) is 1. The van der Waals surface area contributed by atoms with Crippen molar-refractivity contribution in [1.82, 2.24) is 0 Å². The summed E-state index contributed by atoms with van der Waals surface area (Å²) in [6.45, 7) is 3.00. The SMILES string of the molecule is CCCC[C@@H](C(=O)O)N(C(C)=O)c1cccc(C(F)(F)F)c1. The van der Waals surface area contributed by atoms with Crippen LogP contribution in [0.15, 0.2) is 24.3 Å². The molecule has 0 bridgehead atoms. The average molecular weight is 317 g/mol. The molecule has 7 heteroatoms. The first kappa shape index (κ1) is 18.0. The number of unbranched alkanes of at least 4 members (excludes halogenated alkanes) is 1. The fraction of sp³-hybridized carbons (Fsp3) is 0.467. The van der Waals surface area contributed by atoms with Gasteiger partial charge in [0.2, 0.25) is 5.91 Å². The van der Waals surface area contributed by atoms with Crippen LogP contribution in [0.4, 0.5) is 18.9 Å². The predicted molar refractivity (Wildman–Crippen MR) is 75.6 cm³/mol. The summed E-state index contributed by atoms with van der Waals surface area (Å²) in [6.07, 6.45) is -3.10. The first-order chi connectivity index (χ1) is 10.2. The highest BCUT2D eigenvalue weighted by atomic mass is 19.4. The van der Waals surface area contributed by atoms with E-state index in [9.17, 15) is 27.9 Å². The van der Waals surface area contributed by atoms with Gasteiger partial charge in [-0.3, -0.25) is 9.69 Å². The normalized spacial score (nSPS) is 12.8. The summed E-state index contributed by atoms with van der Waals surface area (Å²) in [4.78, 5) is 24.1. The van der Waals surface area contributed by atoms with Crippen LogP contribution in [0.25, 0.3) is 0 Å². The van der Waals surface area contributed by atoms with Crippen LogP contribution in [0.1, 0.15) is 38.7 Å². The predicted octanol–water partition coefficient (Wildman–Crippen LogP) is 3.70. The Morgan fingerprint density at radius 2 is 1.95 bits per heavy atom. The summed E-state index contributed by atoms with van der Waals surface area (Å²) in [5, 5.41) is 9.29. The molecule has 122 valence electrons. The second kappa shape index (κ2) is 7.29. The summed E-state index contributed by atoms with van der Waals surface area (Å²) in [7, 11) is 0. The highest BCUT2D eigenvalue weighted by molar-refractivity contribution is 5.97. The van der Waals surface area contributed by atoms with Gasteiger partial charge in [-0.1, -0.05) is 25.8 Å². The van der Waals surface area contributed by atoms with E-state index in [4.69, 9.17) is 0 Å². The number of rotatable bonds is 6. The third kappa shape index (κ3) is 4.47. The van der Waals surface area contributed by atoms with Crippen molar-refractivity contribution in [2.45, 2.75) is 45.3 Å². The van der Waals surface area contributed by atoms with Gasteiger partial charge >= 0.3 is 12.1 Å². The van der Waals surface area contributed by atoms with E-state index < -0.39 is 29.7 Å². The van der Waals surface area contributed by atoms with Crippen molar-refractivity contribution in [3.05, 3.63) is 29.8 Å². The van der Waals surface area contributed by atoms with Crippen LogP contribution >= 0.6 is 0 Å². The molecule has 0 saturated heterocycles. The number of aliphatic carboxylic acids is 1. The van der Waals surface area contributed by atoms with Gasteiger partial charge in [0.1, 0.15) is 6.04 Å². The smallest absolute Gasteiger partial charge is 0.416 e. The summed E-state index contributed by atoms with van der Waals surface area (Å²) in [5.74, 6) is -1.84. The molecule has 1 rings (SSSR count). The largest absolute Gasteiger partial charge is 0.480 e. The lowest BCUT2D eigenvalue weighted by atomic mass is 10.1. The van der Waals surface area contributed by atoms with E-state index in [2.05, 4.69) is 0 Å². The molecule has 1 N–H and O–H groups in total. The van der Waals surface area contributed by atoms with E-state index in [-0.39, 0.29) is 12.1 Å². The number of halogens is 3. The van der Waals surface area contributed by atoms with E-state index in [1.165, 1.54) is 6.07 Å². The third-order valence-electron chi connectivity index (χ3n) is 3.22. The van der Waals surface area contributed by atoms with Crippen molar-refractivity contribution >= 4 is 17.6 Å². The van der Waals surface area contributed by atoms with Crippen LogP contribution in [0, 0.1) is 0 Å². The maximum absolute atomic E-state index is 12.8. The Kier molecular flexibility index (Phi) is 5.96. The van der Waals surface area contributed by atoms with Crippen molar-refractivity contribution in [2.75, 3.05) is 4.90 Å². The minimum Gasteiger partial charge on any atom is -0.480 e. The third-order valence-corrected chi connectivity index (χ3v) is 3.22. The molecule has 0 aliphatic rings. The molecular formula is C15H18F3NO3. The molecule has 0 radical (unpaired) electrons. The maximum Gasteiger partial charge on any atom is 0.416 e. The number of alkyl halides is 3. The zero-order chi connectivity index (χ0) is 16.9. The molecule has 0 unspecified atom stereocenters. The number of carbonyl (C=O) groups excluding carboxylic acids is 1. The van der Waals surface area contributed by atoms with Gasteiger partial charge < -0.3 is 5.11 Å². The number of carbonyl (C=O) groups is 2. The van der Waals surface area contributed by atoms with Crippen LogP contribution in [0.3, 0.4) is 0 Å². The van der Waals surface area contributed by atoms with Crippen LogP contribution in [-0.4, -0.2) is 23.0 Å². The van der Waals surface area contributed by atoms with Crippen molar-refractivity contribution in [3.8, 4) is 0 Å². The molecular weight excluding hydrogens is 299 g/mol. The molecule has 0 fully saturated rings.